The van der Waals surface area contributed by atoms with Gasteiger partial charge in [0.15, 0.2) is 0 Å². The van der Waals surface area contributed by atoms with Crippen LogP contribution in [0.3, 0.4) is 0 Å². The number of fused-ring (bicyclic) bond motifs is 3. The van der Waals surface area contributed by atoms with Crippen LogP contribution in [0, 0.1) is 6.92 Å². The molecule has 0 amide bonds. The predicted octanol–water partition coefficient (Wildman–Crippen LogP) is 8.27. The van der Waals surface area contributed by atoms with Crippen LogP contribution in [0.4, 0.5) is 0 Å². The number of aryl methyl sites for hydroxylation is 1. The molecule has 5 aromatic carbocycles. The van der Waals surface area contributed by atoms with Crippen LogP contribution in [-0.2, 0) is 4.74 Å². The first-order valence-corrected chi connectivity index (χ1v) is 10.5. The highest BCUT2D eigenvalue weighted by Crippen LogP contribution is 2.31. The summed E-state index contributed by atoms with van der Waals surface area (Å²) in [5.74, 6) is 0. The Kier molecular flexibility index (Phi) is 6.44. The van der Waals surface area contributed by atoms with Crippen LogP contribution in [0.5, 0.6) is 0 Å². The van der Waals surface area contributed by atoms with Crippen molar-refractivity contribution in [2.24, 2.45) is 0 Å². The topological polar surface area (TPSA) is 9.23 Å². The van der Waals surface area contributed by atoms with Gasteiger partial charge in [-0.3, -0.25) is 0 Å². The third-order valence-corrected chi connectivity index (χ3v) is 5.34. The fraction of sp³-hybridized carbons (Fsp3) is 0.0667. The van der Waals surface area contributed by atoms with Gasteiger partial charge in [0.1, 0.15) is 0 Å². The van der Waals surface area contributed by atoms with Gasteiger partial charge in [-0.2, -0.15) is 0 Å². The molecule has 0 heterocycles. The standard InChI is InChI=1S/C23H18O.C7H8/c1-24-15-14-18-7-2-4-8-21(18)19-12-13-23-20(16-19)11-10-17-6-3-5-9-22(17)23;1-7-5-3-2-4-6-7/h2-16H,1H3;2-6H,1H3/b15-14+;. The number of ether oxygens (including phenoxy) is 1. The molecule has 0 aliphatic carbocycles. The van der Waals surface area contributed by atoms with E-state index in [1.807, 2.05) is 30.3 Å². The van der Waals surface area contributed by atoms with Gasteiger partial charge in [-0.25, -0.2) is 0 Å². The molecule has 1 heteroatoms. The molecule has 0 bridgehead atoms. The van der Waals surface area contributed by atoms with Crippen molar-refractivity contribution in [1.29, 1.82) is 0 Å². The molecule has 0 N–H and O–H groups in total. The maximum absolute atomic E-state index is 5.07. The Labute approximate surface area is 184 Å². The highest BCUT2D eigenvalue weighted by atomic mass is 16.5. The van der Waals surface area contributed by atoms with E-state index in [-0.39, 0.29) is 0 Å². The third kappa shape index (κ3) is 4.84. The van der Waals surface area contributed by atoms with Crippen molar-refractivity contribution in [2.75, 3.05) is 7.11 Å². The van der Waals surface area contributed by atoms with Gasteiger partial charge >= 0.3 is 0 Å². The normalized spacial score (nSPS) is 10.8. The summed E-state index contributed by atoms with van der Waals surface area (Å²) < 4.78 is 5.07. The van der Waals surface area contributed by atoms with Crippen LogP contribution in [0.2, 0.25) is 0 Å². The first-order valence-electron chi connectivity index (χ1n) is 10.5. The molecule has 0 fully saturated rings. The summed E-state index contributed by atoms with van der Waals surface area (Å²) in [5, 5.41) is 5.13. The first-order chi connectivity index (χ1) is 15.3. The van der Waals surface area contributed by atoms with Gasteiger partial charge in [0.25, 0.3) is 0 Å². The van der Waals surface area contributed by atoms with Crippen LogP contribution in [0.25, 0.3) is 38.7 Å². The Morgan fingerprint density at radius 1 is 0.613 bits per heavy atom. The third-order valence-electron chi connectivity index (χ3n) is 5.34. The number of hydrogen-bond acceptors (Lipinski definition) is 1. The fourth-order valence-electron chi connectivity index (χ4n) is 3.76. The Balaban J connectivity index is 0.000000282. The van der Waals surface area contributed by atoms with E-state index in [0.29, 0.717) is 0 Å². The van der Waals surface area contributed by atoms with Gasteiger partial charge in [0, 0.05) is 0 Å². The molecular weight excluding hydrogens is 376 g/mol. The van der Waals surface area contributed by atoms with Crippen molar-refractivity contribution < 1.29 is 4.74 Å². The molecule has 0 aliphatic heterocycles. The quantitative estimate of drug-likeness (QED) is 0.218. The molecule has 0 radical (unpaired) electrons. The molecule has 0 aromatic heterocycles. The largest absolute Gasteiger partial charge is 0.504 e. The fourth-order valence-corrected chi connectivity index (χ4v) is 3.76. The van der Waals surface area contributed by atoms with Gasteiger partial charge in [0.2, 0.25) is 0 Å². The summed E-state index contributed by atoms with van der Waals surface area (Å²) in [6, 6.07) is 38.3. The molecule has 0 saturated heterocycles. The van der Waals surface area contributed by atoms with Gasteiger partial charge < -0.3 is 4.74 Å². The summed E-state index contributed by atoms with van der Waals surface area (Å²) in [5.41, 5.74) is 4.90. The van der Waals surface area contributed by atoms with E-state index >= 15 is 0 Å². The van der Waals surface area contributed by atoms with Crippen molar-refractivity contribution in [1.82, 2.24) is 0 Å². The lowest BCUT2D eigenvalue weighted by Crippen LogP contribution is -1.85. The SMILES string of the molecule is CO/C=C/c1ccccc1-c1ccc2c(ccc3ccccc32)c1.Cc1ccccc1. The van der Waals surface area contributed by atoms with Crippen LogP contribution in [0.15, 0.2) is 115 Å². The van der Waals surface area contributed by atoms with E-state index in [4.69, 9.17) is 4.74 Å². The van der Waals surface area contributed by atoms with Crippen molar-refractivity contribution in [2.45, 2.75) is 6.92 Å². The molecule has 5 aromatic rings. The summed E-state index contributed by atoms with van der Waals surface area (Å²) in [6.07, 6.45) is 3.72. The van der Waals surface area contributed by atoms with Crippen molar-refractivity contribution in [3.63, 3.8) is 0 Å². The summed E-state index contributed by atoms with van der Waals surface area (Å²) in [6.45, 7) is 2.08. The molecule has 0 saturated carbocycles. The van der Waals surface area contributed by atoms with E-state index in [0.717, 1.165) is 5.56 Å². The van der Waals surface area contributed by atoms with Crippen molar-refractivity contribution in [3.8, 4) is 11.1 Å². The average Bonchev–Trinajstić information content (AvgIpc) is 2.83. The second kappa shape index (κ2) is 9.77. The minimum Gasteiger partial charge on any atom is -0.504 e. The Hall–Kier alpha value is -3.84. The molecule has 31 heavy (non-hydrogen) atoms. The van der Waals surface area contributed by atoms with Gasteiger partial charge in [-0.1, -0.05) is 109 Å². The number of hydrogen-bond donors (Lipinski definition) is 0. The van der Waals surface area contributed by atoms with Crippen molar-refractivity contribution >= 4 is 27.6 Å². The number of rotatable bonds is 3. The molecule has 0 atom stereocenters. The average molecular weight is 403 g/mol. The maximum Gasteiger partial charge on any atom is 0.0830 e. The number of methoxy groups -OCH3 is 1. The Morgan fingerprint density at radius 2 is 1.29 bits per heavy atom. The van der Waals surface area contributed by atoms with Crippen LogP contribution in [0.1, 0.15) is 11.1 Å². The molecule has 0 aliphatic rings. The monoisotopic (exact) mass is 402 g/mol. The lowest BCUT2D eigenvalue weighted by molar-refractivity contribution is 0.341. The zero-order valence-corrected chi connectivity index (χ0v) is 18.0. The van der Waals surface area contributed by atoms with Gasteiger partial charge in [0.05, 0.1) is 13.4 Å². The summed E-state index contributed by atoms with van der Waals surface area (Å²) in [4.78, 5) is 0. The second-order valence-corrected chi connectivity index (χ2v) is 7.50. The number of benzene rings is 5. The Morgan fingerprint density at radius 3 is 2.06 bits per heavy atom. The molecule has 0 unspecified atom stereocenters. The summed E-state index contributed by atoms with van der Waals surface area (Å²) >= 11 is 0. The zero-order chi connectivity index (χ0) is 21.5. The van der Waals surface area contributed by atoms with E-state index in [1.165, 1.54) is 38.2 Å². The molecule has 1 nitrogen and oxygen atoms in total. The second-order valence-electron chi connectivity index (χ2n) is 7.50. The van der Waals surface area contributed by atoms with E-state index < -0.39 is 0 Å². The highest BCUT2D eigenvalue weighted by molar-refractivity contribution is 6.08. The van der Waals surface area contributed by atoms with Gasteiger partial charge in [-0.05, 0) is 57.3 Å². The van der Waals surface area contributed by atoms with Gasteiger partial charge in [-0.15, -0.1) is 0 Å². The van der Waals surface area contributed by atoms with Crippen LogP contribution >= 0.6 is 0 Å². The first kappa shape index (κ1) is 20.4. The smallest absolute Gasteiger partial charge is 0.0830 e. The van der Waals surface area contributed by atoms with Crippen molar-refractivity contribution in [3.05, 3.63) is 127 Å². The minimum absolute atomic E-state index is 1.15. The maximum atomic E-state index is 5.07. The van der Waals surface area contributed by atoms with E-state index in [2.05, 4.69) is 91.9 Å². The van der Waals surface area contributed by atoms with E-state index in [1.54, 1.807) is 13.4 Å². The highest BCUT2D eigenvalue weighted by Gasteiger charge is 2.05. The minimum atomic E-state index is 1.15. The zero-order valence-electron chi connectivity index (χ0n) is 18.0. The van der Waals surface area contributed by atoms with E-state index in [9.17, 15) is 0 Å². The molecular formula is C30H26O. The lowest BCUT2D eigenvalue weighted by atomic mass is 9.95. The predicted molar refractivity (Wildman–Crippen MR) is 134 cm³/mol. The summed E-state index contributed by atoms with van der Waals surface area (Å²) in [7, 11) is 1.67. The Bertz CT molecular complexity index is 1320. The molecule has 5 rings (SSSR count). The van der Waals surface area contributed by atoms with Crippen LogP contribution in [-0.4, -0.2) is 7.11 Å². The lowest BCUT2D eigenvalue weighted by Gasteiger charge is -2.09. The molecule has 152 valence electrons. The molecule has 0 spiro atoms. The van der Waals surface area contributed by atoms with Crippen LogP contribution < -0.4 is 0 Å².